The van der Waals surface area contributed by atoms with Gasteiger partial charge in [-0.05, 0) is 18.8 Å². The maximum Gasteiger partial charge on any atom is 0.312 e. The van der Waals surface area contributed by atoms with Crippen LogP contribution in [0.3, 0.4) is 0 Å². The van der Waals surface area contributed by atoms with E-state index in [-0.39, 0.29) is 18.2 Å². The van der Waals surface area contributed by atoms with Gasteiger partial charge in [-0.15, -0.1) is 0 Å². The van der Waals surface area contributed by atoms with Crippen molar-refractivity contribution in [3.63, 3.8) is 0 Å². The Kier molecular flexibility index (Phi) is 9.15. The van der Waals surface area contributed by atoms with E-state index in [1.165, 1.54) is 0 Å². The molecule has 116 valence electrons. The summed E-state index contributed by atoms with van der Waals surface area (Å²) in [5, 5.41) is 13.6. The van der Waals surface area contributed by atoms with E-state index in [9.17, 15) is 14.4 Å². The summed E-state index contributed by atoms with van der Waals surface area (Å²) >= 11 is 0. The Balaban J connectivity index is 3.79. The quantitative estimate of drug-likeness (QED) is 0.444. The lowest BCUT2D eigenvalue weighted by Gasteiger charge is -2.20. The Morgan fingerprint density at radius 2 is 1.70 bits per heavy atom. The molecule has 3 amide bonds. The van der Waals surface area contributed by atoms with Crippen LogP contribution in [0.1, 0.15) is 46.0 Å². The summed E-state index contributed by atoms with van der Waals surface area (Å²) in [4.78, 5) is 32.9. The minimum Gasteiger partial charge on any atom is -0.481 e. The lowest BCUT2D eigenvalue weighted by atomic mass is 10.0. The third-order valence-corrected chi connectivity index (χ3v) is 2.86. The highest BCUT2D eigenvalue weighted by atomic mass is 16.4. The summed E-state index contributed by atoms with van der Waals surface area (Å²) in [6.45, 7) is 4.16. The molecule has 0 radical (unpaired) electrons. The molecule has 7 heteroatoms. The molecule has 0 spiro atoms. The second-order valence-electron chi connectivity index (χ2n) is 5.08. The number of amides is 3. The van der Waals surface area contributed by atoms with Gasteiger partial charge in [-0.2, -0.15) is 0 Å². The number of rotatable bonds is 10. The molecule has 0 aliphatic heterocycles. The fraction of sp³-hybridized carbons (Fsp3) is 0.769. The second kappa shape index (κ2) is 10.1. The molecule has 0 heterocycles. The van der Waals surface area contributed by atoms with Gasteiger partial charge >= 0.3 is 12.0 Å². The van der Waals surface area contributed by atoms with Crippen molar-refractivity contribution in [1.29, 1.82) is 0 Å². The van der Waals surface area contributed by atoms with Gasteiger partial charge in [-0.25, -0.2) is 4.79 Å². The van der Waals surface area contributed by atoms with Crippen molar-refractivity contribution in [3.8, 4) is 0 Å². The molecule has 0 fully saturated rings. The van der Waals surface area contributed by atoms with Crippen LogP contribution in [0.2, 0.25) is 0 Å². The van der Waals surface area contributed by atoms with Gasteiger partial charge in [0.25, 0.3) is 0 Å². The summed E-state index contributed by atoms with van der Waals surface area (Å²) in [6.07, 6.45) is 3.32. The monoisotopic (exact) mass is 287 g/mol. The van der Waals surface area contributed by atoms with Crippen molar-refractivity contribution >= 4 is 17.9 Å². The number of nitrogens with one attached hydrogen (secondary N) is 2. The van der Waals surface area contributed by atoms with Crippen LogP contribution in [0, 0.1) is 5.92 Å². The predicted molar refractivity (Wildman–Crippen MR) is 75.1 cm³/mol. The van der Waals surface area contributed by atoms with Gasteiger partial charge in [-0.1, -0.05) is 26.7 Å². The zero-order valence-corrected chi connectivity index (χ0v) is 12.1. The lowest BCUT2D eigenvalue weighted by molar-refractivity contribution is -0.137. The lowest BCUT2D eigenvalue weighted by Crippen LogP contribution is -2.51. The Morgan fingerprint density at radius 3 is 2.20 bits per heavy atom. The standard InChI is InChI=1S/C13H25N3O4/c1-9(2)11(16-13(14)20)12(19)15-8-6-4-3-5-7-10(17)18/h9,11H,3-8H2,1-2H3,(H,15,19)(H,17,18)(H3,14,16,20). The fourth-order valence-corrected chi connectivity index (χ4v) is 1.76. The number of carboxylic acid groups (broad SMARTS) is 1. The van der Waals surface area contributed by atoms with Crippen LogP contribution in [0.5, 0.6) is 0 Å². The highest BCUT2D eigenvalue weighted by molar-refractivity contribution is 5.86. The third kappa shape index (κ3) is 9.18. The number of primary amides is 1. The Labute approximate surface area is 119 Å². The van der Waals surface area contributed by atoms with E-state index in [2.05, 4.69) is 10.6 Å². The van der Waals surface area contributed by atoms with E-state index < -0.39 is 18.0 Å². The van der Waals surface area contributed by atoms with Gasteiger partial charge in [0.15, 0.2) is 0 Å². The number of unbranched alkanes of at least 4 members (excludes halogenated alkanes) is 3. The van der Waals surface area contributed by atoms with Gasteiger partial charge < -0.3 is 21.5 Å². The molecule has 0 aliphatic carbocycles. The zero-order chi connectivity index (χ0) is 15.5. The molecule has 0 aliphatic rings. The number of hydrogen-bond donors (Lipinski definition) is 4. The molecule has 0 aromatic carbocycles. The number of carboxylic acids is 1. The first-order valence-corrected chi connectivity index (χ1v) is 6.90. The topological polar surface area (TPSA) is 122 Å². The van der Waals surface area contributed by atoms with Crippen molar-refractivity contribution in [2.24, 2.45) is 11.7 Å². The molecular formula is C13H25N3O4. The summed E-state index contributed by atoms with van der Waals surface area (Å²) in [5.41, 5.74) is 5.03. The van der Waals surface area contributed by atoms with Crippen LogP contribution in [0.4, 0.5) is 4.79 Å². The van der Waals surface area contributed by atoms with Crippen LogP contribution in [-0.2, 0) is 9.59 Å². The molecule has 0 bridgehead atoms. The molecule has 0 aromatic heterocycles. The molecule has 0 rings (SSSR count). The van der Waals surface area contributed by atoms with Gasteiger partial charge in [0.05, 0.1) is 0 Å². The van der Waals surface area contributed by atoms with E-state index >= 15 is 0 Å². The maximum atomic E-state index is 11.8. The highest BCUT2D eigenvalue weighted by Crippen LogP contribution is 2.04. The highest BCUT2D eigenvalue weighted by Gasteiger charge is 2.22. The van der Waals surface area contributed by atoms with E-state index in [1.807, 2.05) is 13.8 Å². The van der Waals surface area contributed by atoms with Crippen molar-refractivity contribution in [2.45, 2.75) is 52.0 Å². The number of nitrogens with two attached hydrogens (primary N) is 1. The number of carbonyl (C=O) groups excluding carboxylic acids is 2. The average Bonchev–Trinajstić information content (AvgIpc) is 2.33. The summed E-state index contributed by atoms with van der Waals surface area (Å²) in [6, 6.07) is -1.34. The smallest absolute Gasteiger partial charge is 0.312 e. The molecule has 1 unspecified atom stereocenters. The maximum absolute atomic E-state index is 11.8. The second-order valence-corrected chi connectivity index (χ2v) is 5.08. The molecule has 0 aromatic rings. The summed E-state index contributed by atoms with van der Waals surface area (Å²) < 4.78 is 0. The number of carbonyl (C=O) groups is 3. The first kappa shape index (κ1) is 18.2. The minimum atomic E-state index is -0.782. The van der Waals surface area contributed by atoms with E-state index in [1.54, 1.807) is 0 Å². The molecular weight excluding hydrogens is 262 g/mol. The number of urea groups is 1. The number of hydrogen-bond acceptors (Lipinski definition) is 3. The van der Waals surface area contributed by atoms with Crippen molar-refractivity contribution < 1.29 is 19.5 Å². The van der Waals surface area contributed by atoms with Crippen molar-refractivity contribution in [2.75, 3.05) is 6.54 Å². The van der Waals surface area contributed by atoms with Gasteiger partial charge in [0.2, 0.25) is 5.91 Å². The normalized spacial score (nSPS) is 11.9. The van der Waals surface area contributed by atoms with Crippen LogP contribution in [0.25, 0.3) is 0 Å². The van der Waals surface area contributed by atoms with Gasteiger partial charge in [0.1, 0.15) is 6.04 Å². The fourth-order valence-electron chi connectivity index (χ4n) is 1.76. The molecule has 0 saturated carbocycles. The van der Waals surface area contributed by atoms with Crippen LogP contribution >= 0.6 is 0 Å². The first-order chi connectivity index (χ1) is 9.34. The number of aliphatic carboxylic acids is 1. The van der Waals surface area contributed by atoms with Gasteiger partial charge in [0, 0.05) is 13.0 Å². The van der Waals surface area contributed by atoms with Crippen LogP contribution in [-0.4, -0.2) is 35.6 Å². The predicted octanol–water partition coefficient (Wildman–Crippen LogP) is 0.831. The molecule has 7 nitrogen and oxygen atoms in total. The molecule has 20 heavy (non-hydrogen) atoms. The Hall–Kier alpha value is -1.79. The average molecular weight is 287 g/mol. The zero-order valence-electron chi connectivity index (χ0n) is 12.1. The SMILES string of the molecule is CC(C)C(NC(N)=O)C(=O)NCCCCCCC(=O)O. The van der Waals surface area contributed by atoms with Crippen LogP contribution in [0.15, 0.2) is 0 Å². The Morgan fingerprint density at radius 1 is 1.10 bits per heavy atom. The van der Waals surface area contributed by atoms with Crippen molar-refractivity contribution in [3.05, 3.63) is 0 Å². The minimum absolute atomic E-state index is 0.0435. The molecule has 5 N–H and O–H groups in total. The van der Waals surface area contributed by atoms with E-state index in [0.717, 1.165) is 19.3 Å². The largest absolute Gasteiger partial charge is 0.481 e. The molecule has 1 atom stereocenters. The Bertz CT molecular complexity index is 332. The molecule has 0 saturated heterocycles. The summed E-state index contributed by atoms with van der Waals surface area (Å²) in [7, 11) is 0. The first-order valence-electron chi connectivity index (χ1n) is 6.90. The van der Waals surface area contributed by atoms with E-state index in [0.29, 0.717) is 13.0 Å². The van der Waals surface area contributed by atoms with Crippen LogP contribution < -0.4 is 16.4 Å². The van der Waals surface area contributed by atoms with Gasteiger partial charge in [-0.3, -0.25) is 9.59 Å². The summed E-state index contributed by atoms with van der Waals surface area (Å²) in [5.74, 6) is -1.07. The van der Waals surface area contributed by atoms with Crippen molar-refractivity contribution in [1.82, 2.24) is 10.6 Å². The van der Waals surface area contributed by atoms with E-state index in [4.69, 9.17) is 10.8 Å². The third-order valence-electron chi connectivity index (χ3n) is 2.86.